The van der Waals surface area contributed by atoms with Gasteiger partial charge in [-0.3, -0.25) is 0 Å². The summed E-state index contributed by atoms with van der Waals surface area (Å²) in [5.74, 6) is -4.70. The SMILES string of the molecule is CC1NC(C(F)(F)F)=C(C(=O)OCc2ccccc2)C(c2cccc(Cl)c2)C1(CCC#N)C(=O)[O-]. The number of allylic oxidation sites excluding steroid dienone is 1. The van der Waals surface area contributed by atoms with Gasteiger partial charge >= 0.3 is 12.1 Å². The minimum atomic E-state index is -5.03. The van der Waals surface area contributed by atoms with E-state index in [0.29, 0.717) is 5.56 Å². The minimum absolute atomic E-state index is 0.0569. The Kier molecular flexibility index (Phi) is 7.76. The van der Waals surface area contributed by atoms with E-state index < -0.39 is 46.8 Å². The summed E-state index contributed by atoms with van der Waals surface area (Å²) in [7, 11) is 0. The first-order valence-electron chi connectivity index (χ1n) is 10.6. The lowest BCUT2D eigenvalue weighted by Gasteiger charge is -2.51. The van der Waals surface area contributed by atoms with Crippen LogP contribution in [-0.4, -0.2) is 24.2 Å². The number of hydrogen-bond donors (Lipinski definition) is 1. The van der Waals surface area contributed by atoms with Crippen molar-refractivity contribution in [2.24, 2.45) is 5.41 Å². The molecule has 0 aliphatic carbocycles. The van der Waals surface area contributed by atoms with Crippen molar-refractivity contribution >= 4 is 23.5 Å². The normalized spacial score (nSPS) is 22.2. The minimum Gasteiger partial charge on any atom is -0.549 e. The number of nitriles is 1. The van der Waals surface area contributed by atoms with Gasteiger partial charge in [0.1, 0.15) is 12.3 Å². The number of carbonyl (C=O) groups is 2. The van der Waals surface area contributed by atoms with Gasteiger partial charge in [-0.05, 0) is 36.6 Å². The molecule has 1 aliphatic heterocycles. The van der Waals surface area contributed by atoms with Gasteiger partial charge < -0.3 is 20.0 Å². The average Bonchev–Trinajstić information content (AvgIpc) is 2.81. The number of carboxylic acid groups (broad SMARTS) is 1. The van der Waals surface area contributed by atoms with Crippen LogP contribution in [0.2, 0.25) is 5.02 Å². The third kappa shape index (κ3) is 5.28. The Bertz CT molecular complexity index is 1180. The molecule has 1 N–H and O–H groups in total. The van der Waals surface area contributed by atoms with E-state index in [1.165, 1.54) is 31.2 Å². The summed E-state index contributed by atoms with van der Waals surface area (Å²) in [6.07, 6.45) is -5.71. The summed E-state index contributed by atoms with van der Waals surface area (Å²) in [4.78, 5) is 25.9. The highest BCUT2D eigenvalue weighted by Gasteiger charge is 2.56. The summed E-state index contributed by atoms with van der Waals surface area (Å²) in [5.41, 5.74) is -3.81. The van der Waals surface area contributed by atoms with Gasteiger partial charge in [-0.2, -0.15) is 18.4 Å². The molecule has 0 amide bonds. The summed E-state index contributed by atoms with van der Waals surface area (Å²) in [5, 5.41) is 24.1. The molecule has 0 fully saturated rings. The van der Waals surface area contributed by atoms with Crippen LogP contribution in [0.5, 0.6) is 0 Å². The van der Waals surface area contributed by atoms with Crippen LogP contribution < -0.4 is 10.4 Å². The zero-order valence-corrected chi connectivity index (χ0v) is 19.3. The third-order valence-electron chi connectivity index (χ3n) is 6.14. The van der Waals surface area contributed by atoms with Crippen LogP contribution in [0.4, 0.5) is 13.2 Å². The molecular weight excluding hydrogens is 485 g/mol. The number of esters is 1. The monoisotopic (exact) mass is 505 g/mol. The van der Waals surface area contributed by atoms with E-state index in [0.717, 1.165) is 0 Å². The Balaban J connectivity index is 2.25. The second-order valence-electron chi connectivity index (χ2n) is 8.19. The highest BCUT2D eigenvalue weighted by Crippen LogP contribution is 2.53. The number of rotatable bonds is 7. The average molecular weight is 506 g/mol. The predicted molar refractivity (Wildman–Crippen MR) is 118 cm³/mol. The Labute approximate surface area is 205 Å². The maximum atomic E-state index is 14.2. The van der Waals surface area contributed by atoms with Crippen molar-refractivity contribution in [1.29, 1.82) is 5.26 Å². The second kappa shape index (κ2) is 10.4. The van der Waals surface area contributed by atoms with Crippen LogP contribution in [0, 0.1) is 16.7 Å². The maximum Gasteiger partial charge on any atom is 0.431 e. The molecule has 1 heterocycles. The third-order valence-corrected chi connectivity index (χ3v) is 6.37. The number of carboxylic acids is 1. The molecule has 0 saturated heterocycles. The number of benzene rings is 2. The molecule has 0 spiro atoms. The zero-order valence-electron chi connectivity index (χ0n) is 18.6. The molecule has 10 heteroatoms. The number of hydrogen-bond acceptors (Lipinski definition) is 6. The van der Waals surface area contributed by atoms with Gasteiger partial charge in [0.15, 0.2) is 0 Å². The van der Waals surface area contributed by atoms with E-state index in [4.69, 9.17) is 21.6 Å². The highest BCUT2D eigenvalue weighted by atomic mass is 35.5. The molecule has 6 nitrogen and oxygen atoms in total. The van der Waals surface area contributed by atoms with Crippen LogP contribution in [0.25, 0.3) is 0 Å². The second-order valence-corrected chi connectivity index (χ2v) is 8.62. The van der Waals surface area contributed by atoms with Crippen molar-refractivity contribution in [3.63, 3.8) is 0 Å². The van der Waals surface area contributed by atoms with Gasteiger partial charge in [0.25, 0.3) is 0 Å². The van der Waals surface area contributed by atoms with Crippen molar-refractivity contribution < 1.29 is 32.6 Å². The number of aliphatic carboxylic acids is 1. The van der Waals surface area contributed by atoms with Crippen molar-refractivity contribution in [3.8, 4) is 6.07 Å². The molecule has 2 aromatic rings. The maximum absolute atomic E-state index is 14.2. The van der Waals surface area contributed by atoms with Crippen molar-refractivity contribution in [2.75, 3.05) is 0 Å². The summed E-state index contributed by atoms with van der Waals surface area (Å²) in [6, 6.07) is 14.4. The van der Waals surface area contributed by atoms with E-state index in [9.17, 15) is 27.9 Å². The quantitative estimate of drug-likeness (QED) is 0.570. The highest BCUT2D eigenvalue weighted by molar-refractivity contribution is 6.30. The van der Waals surface area contributed by atoms with E-state index in [1.807, 2.05) is 6.07 Å². The Morgan fingerprint density at radius 1 is 1.20 bits per heavy atom. The molecule has 3 atom stereocenters. The molecule has 0 radical (unpaired) electrons. The lowest BCUT2D eigenvalue weighted by Crippen LogP contribution is -2.62. The lowest BCUT2D eigenvalue weighted by molar-refractivity contribution is -0.322. The lowest BCUT2D eigenvalue weighted by atomic mass is 9.60. The fourth-order valence-corrected chi connectivity index (χ4v) is 4.70. The van der Waals surface area contributed by atoms with Gasteiger partial charge in [-0.1, -0.05) is 54.1 Å². The molecular formula is C25H21ClF3N2O4-. The van der Waals surface area contributed by atoms with Crippen LogP contribution >= 0.6 is 11.6 Å². The summed E-state index contributed by atoms with van der Waals surface area (Å²) < 4.78 is 47.8. The topological polar surface area (TPSA) is 102 Å². The molecule has 3 unspecified atom stereocenters. The van der Waals surface area contributed by atoms with E-state index in [1.54, 1.807) is 30.3 Å². The summed E-state index contributed by atoms with van der Waals surface area (Å²) in [6.45, 7) is 0.922. The molecule has 1 aliphatic rings. The van der Waals surface area contributed by atoms with Crippen LogP contribution in [-0.2, 0) is 20.9 Å². The molecule has 2 aromatic carbocycles. The van der Waals surface area contributed by atoms with Crippen molar-refractivity contribution in [1.82, 2.24) is 5.32 Å². The first kappa shape index (κ1) is 26.1. The predicted octanol–water partition coefficient (Wildman–Crippen LogP) is 4.02. The Morgan fingerprint density at radius 3 is 2.46 bits per heavy atom. The van der Waals surface area contributed by atoms with Crippen LogP contribution in [0.15, 0.2) is 65.9 Å². The van der Waals surface area contributed by atoms with E-state index >= 15 is 0 Å². The van der Waals surface area contributed by atoms with E-state index in [2.05, 4.69) is 5.32 Å². The Morgan fingerprint density at radius 2 is 1.89 bits per heavy atom. The van der Waals surface area contributed by atoms with Crippen molar-refractivity contribution in [3.05, 3.63) is 82.0 Å². The standard InChI is InChI=1S/C25H22ClF3N2O4/c1-15-24(23(33)34,11-6-12-30)20(17-9-5-10-18(26)13-17)19(21(31-15)25(27,28)29)22(32)35-14-16-7-3-2-4-8-16/h2-5,7-10,13,15,20,31H,6,11,14H2,1H3,(H,33,34)/p-1. The number of alkyl halides is 3. The fourth-order valence-electron chi connectivity index (χ4n) is 4.50. The molecule has 0 bridgehead atoms. The van der Waals surface area contributed by atoms with Gasteiger partial charge in [0.2, 0.25) is 0 Å². The molecule has 3 rings (SSSR count). The largest absolute Gasteiger partial charge is 0.549 e. The van der Waals surface area contributed by atoms with Crippen molar-refractivity contribution in [2.45, 2.75) is 44.5 Å². The summed E-state index contributed by atoms with van der Waals surface area (Å²) >= 11 is 6.09. The van der Waals surface area contributed by atoms with Gasteiger partial charge in [0.05, 0.1) is 17.6 Å². The molecule has 35 heavy (non-hydrogen) atoms. The zero-order chi connectivity index (χ0) is 25.8. The van der Waals surface area contributed by atoms with Crippen LogP contribution in [0.3, 0.4) is 0 Å². The number of carbonyl (C=O) groups excluding carboxylic acids is 2. The van der Waals surface area contributed by atoms with Gasteiger partial charge in [-0.25, -0.2) is 4.79 Å². The van der Waals surface area contributed by atoms with Gasteiger partial charge in [-0.15, -0.1) is 0 Å². The number of halogens is 4. The molecule has 0 aromatic heterocycles. The first-order chi connectivity index (χ1) is 16.5. The molecule has 184 valence electrons. The number of nitrogens with zero attached hydrogens (tertiary/aromatic N) is 1. The Hall–Kier alpha value is -3.51. The smallest absolute Gasteiger partial charge is 0.431 e. The number of ether oxygens (including phenoxy) is 1. The molecule has 0 saturated carbocycles. The van der Waals surface area contributed by atoms with Crippen LogP contribution in [0.1, 0.15) is 36.8 Å². The van der Waals surface area contributed by atoms with Gasteiger partial charge in [0, 0.05) is 28.8 Å². The number of nitrogens with one attached hydrogen (secondary N) is 1. The first-order valence-corrected chi connectivity index (χ1v) is 11.0. The fraction of sp³-hybridized carbons (Fsp3) is 0.320. The van der Waals surface area contributed by atoms with E-state index in [-0.39, 0.29) is 30.0 Å².